The number of likely N-dealkylation sites (tertiary alicyclic amines) is 1. The molecule has 2 fully saturated rings. The minimum atomic E-state index is -0.394. The van der Waals surface area contributed by atoms with Crippen LogP contribution in [0.5, 0.6) is 0 Å². The van der Waals surface area contributed by atoms with Gasteiger partial charge in [0.1, 0.15) is 6.04 Å². The Balaban J connectivity index is 2.00. The van der Waals surface area contributed by atoms with Gasteiger partial charge in [-0.05, 0) is 52.4 Å². The molecule has 0 bridgehead atoms. The third-order valence-electron chi connectivity index (χ3n) is 5.57. The maximum absolute atomic E-state index is 13.0. The lowest BCUT2D eigenvalue weighted by Crippen LogP contribution is -2.54. The summed E-state index contributed by atoms with van der Waals surface area (Å²) in [6, 6.07) is -0.0390. The number of rotatable bonds is 7. The van der Waals surface area contributed by atoms with Crippen LogP contribution in [0.4, 0.5) is 0 Å². The molecule has 5 heteroatoms. The minimum absolute atomic E-state index is 0.141. The Labute approximate surface area is 146 Å². The van der Waals surface area contributed by atoms with E-state index in [0.717, 1.165) is 19.3 Å². The molecule has 1 saturated heterocycles. The van der Waals surface area contributed by atoms with Gasteiger partial charge in [0.05, 0.1) is 12.6 Å². The molecular weight excluding hydrogens is 304 g/mol. The first-order chi connectivity index (χ1) is 11.5. The average molecular weight is 338 g/mol. The summed E-state index contributed by atoms with van der Waals surface area (Å²) in [7, 11) is 0. The molecule has 2 unspecified atom stereocenters. The van der Waals surface area contributed by atoms with Crippen LogP contribution in [-0.4, -0.2) is 47.6 Å². The molecule has 1 aliphatic heterocycles. The Bertz CT molecular complexity index is 440. The third kappa shape index (κ3) is 4.29. The summed E-state index contributed by atoms with van der Waals surface area (Å²) in [6.07, 6.45) is 7.59. The zero-order chi connectivity index (χ0) is 17.7. The zero-order valence-corrected chi connectivity index (χ0v) is 15.7. The van der Waals surface area contributed by atoms with E-state index in [1.807, 2.05) is 20.8 Å². The van der Waals surface area contributed by atoms with Gasteiger partial charge in [-0.2, -0.15) is 0 Å². The van der Waals surface area contributed by atoms with E-state index >= 15 is 0 Å². The molecule has 0 radical (unpaired) electrons. The first-order valence-corrected chi connectivity index (χ1v) is 9.74. The van der Waals surface area contributed by atoms with Crippen molar-refractivity contribution in [2.75, 3.05) is 6.61 Å². The van der Waals surface area contributed by atoms with Crippen molar-refractivity contribution < 1.29 is 14.3 Å². The standard InChI is InChI=1S/C19H34N2O3/c1-5-9-16(19(23)24-6-2)20-14(4)18(22)21-13(3)12-15-10-7-8-11-17(15)21/h13-17,20H,5-12H2,1-4H3/t13-,14-,15?,16-,17?/m1/s1. The Morgan fingerprint density at radius 3 is 2.62 bits per heavy atom. The van der Waals surface area contributed by atoms with Gasteiger partial charge < -0.3 is 9.64 Å². The van der Waals surface area contributed by atoms with Gasteiger partial charge in [0.2, 0.25) is 5.91 Å². The SMILES string of the molecule is CCC[C@@H](N[C@H](C)C(=O)N1C2CCCCC2C[C@H]1C)C(=O)OCC. The van der Waals surface area contributed by atoms with Crippen LogP contribution in [0.25, 0.3) is 0 Å². The lowest BCUT2D eigenvalue weighted by atomic mass is 9.85. The summed E-state index contributed by atoms with van der Waals surface area (Å²) in [4.78, 5) is 27.2. The largest absolute Gasteiger partial charge is 0.465 e. The van der Waals surface area contributed by atoms with Crippen molar-refractivity contribution >= 4 is 11.9 Å². The van der Waals surface area contributed by atoms with Crippen molar-refractivity contribution in [1.82, 2.24) is 10.2 Å². The summed E-state index contributed by atoms with van der Waals surface area (Å²) in [5.74, 6) is 0.563. The Hall–Kier alpha value is -1.10. The van der Waals surface area contributed by atoms with Crippen molar-refractivity contribution in [1.29, 1.82) is 0 Å². The molecule has 0 aromatic heterocycles. The molecule has 138 valence electrons. The third-order valence-corrected chi connectivity index (χ3v) is 5.57. The van der Waals surface area contributed by atoms with Crippen LogP contribution in [-0.2, 0) is 14.3 Å². The topological polar surface area (TPSA) is 58.6 Å². The molecule has 1 heterocycles. The van der Waals surface area contributed by atoms with Crippen LogP contribution in [0.3, 0.4) is 0 Å². The lowest BCUT2D eigenvalue weighted by molar-refractivity contribution is -0.146. The highest BCUT2D eigenvalue weighted by atomic mass is 16.5. The number of nitrogens with zero attached hydrogens (tertiary/aromatic N) is 1. The van der Waals surface area contributed by atoms with Crippen LogP contribution in [0, 0.1) is 5.92 Å². The first-order valence-electron chi connectivity index (χ1n) is 9.74. The molecule has 1 amide bonds. The molecule has 24 heavy (non-hydrogen) atoms. The molecular formula is C19H34N2O3. The fourth-order valence-electron chi connectivity index (χ4n) is 4.49. The Kier molecular flexibility index (Phi) is 7.08. The number of amides is 1. The van der Waals surface area contributed by atoms with Gasteiger partial charge in [0, 0.05) is 12.1 Å². The molecule has 2 rings (SSSR count). The predicted octanol–water partition coefficient (Wildman–Crippen LogP) is 2.88. The number of hydrogen-bond donors (Lipinski definition) is 1. The number of hydrogen-bond acceptors (Lipinski definition) is 4. The van der Waals surface area contributed by atoms with E-state index in [9.17, 15) is 9.59 Å². The molecule has 1 aliphatic carbocycles. The highest BCUT2D eigenvalue weighted by Crippen LogP contribution is 2.39. The van der Waals surface area contributed by atoms with Gasteiger partial charge in [-0.1, -0.05) is 26.2 Å². The molecule has 0 aromatic carbocycles. The van der Waals surface area contributed by atoms with E-state index < -0.39 is 6.04 Å². The summed E-state index contributed by atoms with van der Waals surface area (Å²) < 4.78 is 5.14. The van der Waals surface area contributed by atoms with Gasteiger partial charge >= 0.3 is 5.97 Å². The fourth-order valence-corrected chi connectivity index (χ4v) is 4.49. The first kappa shape index (κ1) is 19.2. The van der Waals surface area contributed by atoms with E-state index in [1.54, 1.807) is 0 Å². The molecule has 2 aliphatic rings. The number of carbonyl (C=O) groups is 2. The molecule has 0 spiro atoms. The number of nitrogens with one attached hydrogen (secondary N) is 1. The smallest absolute Gasteiger partial charge is 0.323 e. The van der Waals surface area contributed by atoms with E-state index in [1.165, 1.54) is 19.3 Å². The number of esters is 1. The molecule has 5 nitrogen and oxygen atoms in total. The predicted molar refractivity (Wildman–Crippen MR) is 94.6 cm³/mol. The van der Waals surface area contributed by atoms with Crippen LogP contribution >= 0.6 is 0 Å². The number of fused-ring (bicyclic) bond motifs is 1. The van der Waals surface area contributed by atoms with Crippen LogP contribution in [0.2, 0.25) is 0 Å². The number of ether oxygens (including phenoxy) is 1. The highest BCUT2D eigenvalue weighted by molar-refractivity contribution is 5.84. The maximum atomic E-state index is 13.0. The van der Waals surface area contributed by atoms with Crippen molar-refractivity contribution in [3.8, 4) is 0 Å². The van der Waals surface area contributed by atoms with Crippen molar-refractivity contribution in [3.63, 3.8) is 0 Å². The summed E-state index contributed by atoms with van der Waals surface area (Å²) >= 11 is 0. The summed E-state index contributed by atoms with van der Waals surface area (Å²) in [6.45, 7) is 8.26. The molecule has 1 N–H and O–H groups in total. The van der Waals surface area contributed by atoms with E-state index in [-0.39, 0.29) is 17.9 Å². The maximum Gasteiger partial charge on any atom is 0.323 e. The van der Waals surface area contributed by atoms with Gasteiger partial charge in [-0.15, -0.1) is 0 Å². The van der Waals surface area contributed by atoms with Crippen molar-refractivity contribution in [2.45, 2.75) is 96.8 Å². The van der Waals surface area contributed by atoms with Crippen LogP contribution < -0.4 is 5.32 Å². The molecule has 1 saturated carbocycles. The summed E-state index contributed by atoms with van der Waals surface area (Å²) in [5, 5.41) is 3.23. The summed E-state index contributed by atoms with van der Waals surface area (Å²) in [5.41, 5.74) is 0. The minimum Gasteiger partial charge on any atom is -0.465 e. The van der Waals surface area contributed by atoms with Gasteiger partial charge in [-0.25, -0.2) is 0 Å². The molecule has 0 aromatic rings. The van der Waals surface area contributed by atoms with Crippen LogP contribution in [0.1, 0.15) is 72.6 Å². The van der Waals surface area contributed by atoms with Crippen molar-refractivity contribution in [2.24, 2.45) is 5.92 Å². The zero-order valence-electron chi connectivity index (χ0n) is 15.7. The van der Waals surface area contributed by atoms with E-state index in [0.29, 0.717) is 31.0 Å². The van der Waals surface area contributed by atoms with Gasteiger partial charge in [0.15, 0.2) is 0 Å². The lowest BCUT2D eigenvalue weighted by Gasteiger charge is -2.35. The second kappa shape index (κ2) is 8.84. The second-order valence-corrected chi connectivity index (χ2v) is 7.42. The van der Waals surface area contributed by atoms with E-state index in [4.69, 9.17) is 4.74 Å². The second-order valence-electron chi connectivity index (χ2n) is 7.42. The van der Waals surface area contributed by atoms with Crippen LogP contribution in [0.15, 0.2) is 0 Å². The van der Waals surface area contributed by atoms with Gasteiger partial charge in [-0.3, -0.25) is 14.9 Å². The highest BCUT2D eigenvalue weighted by Gasteiger charge is 2.43. The Morgan fingerprint density at radius 2 is 1.96 bits per heavy atom. The average Bonchev–Trinajstić information content (AvgIpc) is 2.89. The molecule has 5 atom stereocenters. The quantitative estimate of drug-likeness (QED) is 0.725. The fraction of sp³-hybridized carbons (Fsp3) is 0.895. The van der Waals surface area contributed by atoms with Gasteiger partial charge in [0.25, 0.3) is 0 Å². The Morgan fingerprint density at radius 1 is 1.25 bits per heavy atom. The normalized spacial score (nSPS) is 29.0. The van der Waals surface area contributed by atoms with E-state index in [2.05, 4.69) is 17.1 Å². The monoisotopic (exact) mass is 338 g/mol. The van der Waals surface area contributed by atoms with Crippen molar-refractivity contribution in [3.05, 3.63) is 0 Å². The number of carbonyl (C=O) groups excluding carboxylic acids is 2.